The summed E-state index contributed by atoms with van der Waals surface area (Å²) < 4.78 is 38.1. The van der Waals surface area contributed by atoms with Gasteiger partial charge < -0.3 is 9.94 Å². The minimum Gasteiger partial charge on any atom is -0.350 e. The number of hydrogen-bond donors (Lipinski definition) is 1. The molecule has 1 unspecified atom stereocenters. The molecule has 0 spiro atoms. The highest BCUT2D eigenvalue weighted by atomic mass is 35.5. The van der Waals surface area contributed by atoms with Crippen LogP contribution in [0, 0.1) is 0 Å². The van der Waals surface area contributed by atoms with Crippen LogP contribution in [0.25, 0.3) is 0 Å². The number of aliphatic hydroxyl groups is 1. The first kappa shape index (κ1) is 16.8. The van der Waals surface area contributed by atoms with Gasteiger partial charge in [0, 0.05) is 5.02 Å². The standard InChI is InChI=1S/C17H13ClF3NO2/c18-14-7-3-12(4-8-14)9-11-1-5-13(6-2-11)15-10-16(23,24-22-15)17(19,20)21/h1-8,23H,9-10H2. The zero-order valence-electron chi connectivity index (χ0n) is 12.3. The minimum atomic E-state index is -4.90. The number of nitrogens with zero attached hydrogens (tertiary/aromatic N) is 1. The highest BCUT2D eigenvalue weighted by Crippen LogP contribution is 2.38. The van der Waals surface area contributed by atoms with Gasteiger partial charge in [-0.3, -0.25) is 0 Å². The minimum absolute atomic E-state index is 0.0628. The van der Waals surface area contributed by atoms with E-state index in [-0.39, 0.29) is 5.71 Å². The lowest BCUT2D eigenvalue weighted by Crippen LogP contribution is -2.45. The van der Waals surface area contributed by atoms with Crippen molar-refractivity contribution in [1.29, 1.82) is 0 Å². The fourth-order valence-corrected chi connectivity index (χ4v) is 2.51. The van der Waals surface area contributed by atoms with Crippen molar-refractivity contribution < 1.29 is 23.1 Å². The van der Waals surface area contributed by atoms with Gasteiger partial charge in [-0.25, -0.2) is 0 Å². The topological polar surface area (TPSA) is 41.8 Å². The number of rotatable bonds is 3. The van der Waals surface area contributed by atoms with Crippen LogP contribution in [0.3, 0.4) is 0 Å². The fourth-order valence-electron chi connectivity index (χ4n) is 2.38. The first-order valence-electron chi connectivity index (χ1n) is 7.15. The molecule has 0 bridgehead atoms. The van der Waals surface area contributed by atoms with Crippen molar-refractivity contribution in [3.05, 3.63) is 70.2 Å². The maximum absolute atomic E-state index is 12.7. The third-order valence-electron chi connectivity index (χ3n) is 3.77. The molecule has 0 amide bonds. The summed E-state index contributed by atoms with van der Waals surface area (Å²) >= 11 is 5.84. The highest BCUT2D eigenvalue weighted by Gasteiger charge is 2.60. The summed E-state index contributed by atoms with van der Waals surface area (Å²) in [5.41, 5.74) is 2.61. The molecule has 3 nitrogen and oxygen atoms in total. The SMILES string of the molecule is OC1(C(F)(F)F)CC(c2ccc(Cc3ccc(Cl)cc3)cc2)=NO1. The lowest BCUT2D eigenvalue weighted by Gasteiger charge is -2.22. The van der Waals surface area contributed by atoms with Crippen LogP contribution in [-0.2, 0) is 11.3 Å². The monoisotopic (exact) mass is 355 g/mol. The van der Waals surface area contributed by atoms with Crippen LogP contribution in [0.2, 0.25) is 5.02 Å². The average molecular weight is 356 g/mol. The van der Waals surface area contributed by atoms with Gasteiger partial charge in [-0.15, -0.1) is 0 Å². The molecule has 2 aromatic rings. The number of oxime groups is 1. The Balaban J connectivity index is 1.70. The normalized spacial score (nSPS) is 20.6. The Morgan fingerprint density at radius 1 is 1.04 bits per heavy atom. The molecular weight excluding hydrogens is 343 g/mol. The molecule has 1 atom stereocenters. The van der Waals surface area contributed by atoms with Gasteiger partial charge in [0.05, 0.1) is 12.1 Å². The van der Waals surface area contributed by atoms with Gasteiger partial charge in [0.1, 0.15) is 0 Å². The Bertz CT molecular complexity index is 757. The maximum atomic E-state index is 12.7. The molecule has 24 heavy (non-hydrogen) atoms. The van der Waals surface area contributed by atoms with Gasteiger partial charge in [0.15, 0.2) is 0 Å². The van der Waals surface area contributed by atoms with Crippen LogP contribution in [0.15, 0.2) is 53.7 Å². The van der Waals surface area contributed by atoms with E-state index in [1.54, 1.807) is 36.4 Å². The first-order valence-corrected chi connectivity index (χ1v) is 7.52. The van der Waals surface area contributed by atoms with E-state index in [0.29, 0.717) is 17.0 Å². The van der Waals surface area contributed by atoms with Crippen molar-refractivity contribution in [2.45, 2.75) is 24.8 Å². The zero-order valence-corrected chi connectivity index (χ0v) is 13.1. The lowest BCUT2D eigenvalue weighted by atomic mass is 9.99. The van der Waals surface area contributed by atoms with Gasteiger partial charge in [0.2, 0.25) is 0 Å². The smallest absolute Gasteiger partial charge is 0.350 e. The molecule has 1 aliphatic heterocycles. The zero-order chi connectivity index (χ0) is 17.4. The number of halogens is 4. The van der Waals surface area contributed by atoms with Gasteiger partial charge in [-0.1, -0.05) is 53.2 Å². The van der Waals surface area contributed by atoms with E-state index < -0.39 is 18.4 Å². The molecule has 3 rings (SSSR count). The van der Waals surface area contributed by atoms with Crippen molar-refractivity contribution in [2.75, 3.05) is 0 Å². The Hall–Kier alpha value is -2.05. The molecule has 1 aliphatic rings. The van der Waals surface area contributed by atoms with Crippen LogP contribution < -0.4 is 0 Å². The van der Waals surface area contributed by atoms with E-state index in [9.17, 15) is 18.3 Å². The Morgan fingerprint density at radius 2 is 1.58 bits per heavy atom. The van der Waals surface area contributed by atoms with Crippen molar-refractivity contribution in [3.63, 3.8) is 0 Å². The van der Waals surface area contributed by atoms with E-state index >= 15 is 0 Å². The largest absolute Gasteiger partial charge is 0.458 e. The first-order chi connectivity index (χ1) is 11.3. The van der Waals surface area contributed by atoms with E-state index in [1.165, 1.54) is 0 Å². The van der Waals surface area contributed by atoms with Gasteiger partial charge in [-0.05, 0) is 35.2 Å². The summed E-state index contributed by atoms with van der Waals surface area (Å²) in [5, 5.41) is 13.5. The lowest BCUT2D eigenvalue weighted by molar-refractivity contribution is -0.355. The third-order valence-corrected chi connectivity index (χ3v) is 4.02. The molecule has 126 valence electrons. The molecule has 1 N–H and O–H groups in total. The summed E-state index contributed by atoms with van der Waals surface area (Å²) in [5.74, 6) is -3.25. The summed E-state index contributed by atoms with van der Waals surface area (Å²) in [7, 11) is 0. The van der Waals surface area contributed by atoms with E-state index in [1.807, 2.05) is 12.1 Å². The third kappa shape index (κ3) is 3.39. The van der Waals surface area contributed by atoms with Crippen LogP contribution in [0.1, 0.15) is 23.1 Å². The van der Waals surface area contributed by atoms with Crippen molar-refractivity contribution in [3.8, 4) is 0 Å². The molecule has 0 fully saturated rings. The predicted molar refractivity (Wildman–Crippen MR) is 83.9 cm³/mol. The van der Waals surface area contributed by atoms with Gasteiger partial charge in [0.25, 0.3) is 0 Å². The van der Waals surface area contributed by atoms with Crippen LogP contribution in [0.4, 0.5) is 13.2 Å². The van der Waals surface area contributed by atoms with Crippen molar-refractivity contribution >= 4 is 17.3 Å². The molecule has 0 saturated heterocycles. The second-order valence-electron chi connectivity index (χ2n) is 5.59. The predicted octanol–water partition coefficient (Wildman–Crippen LogP) is 4.31. The second kappa shape index (κ2) is 6.11. The molecule has 0 aromatic heterocycles. The summed E-state index contributed by atoms with van der Waals surface area (Å²) in [4.78, 5) is 4.22. The van der Waals surface area contributed by atoms with Gasteiger partial charge >= 0.3 is 12.0 Å². The maximum Gasteiger partial charge on any atom is 0.458 e. The highest BCUT2D eigenvalue weighted by molar-refractivity contribution is 6.30. The Labute approximate surface area is 141 Å². The Kier molecular flexibility index (Phi) is 4.27. The fraction of sp³-hybridized carbons (Fsp3) is 0.235. The number of alkyl halides is 3. The van der Waals surface area contributed by atoms with E-state index in [2.05, 4.69) is 9.99 Å². The summed E-state index contributed by atoms with van der Waals surface area (Å²) in [6.07, 6.45) is -4.95. The van der Waals surface area contributed by atoms with Gasteiger partial charge in [-0.2, -0.15) is 13.2 Å². The molecule has 0 aliphatic carbocycles. The molecule has 0 radical (unpaired) electrons. The van der Waals surface area contributed by atoms with Crippen molar-refractivity contribution in [2.24, 2.45) is 5.16 Å². The van der Waals surface area contributed by atoms with Crippen LogP contribution >= 0.6 is 11.6 Å². The van der Waals surface area contributed by atoms with Crippen molar-refractivity contribution in [1.82, 2.24) is 0 Å². The van der Waals surface area contributed by atoms with Crippen LogP contribution in [0.5, 0.6) is 0 Å². The molecule has 0 saturated carbocycles. The molecule has 2 aromatic carbocycles. The molecule has 7 heteroatoms. The molecule has 1 heterocycles. The Morgan fingerprint density at radius 3 is 2.08 bits per heavy atom. The number of hydrogen-bond acceptors (Lipinski definition) is 3. The second-order valence-corrected chi connectivity index (χ2v) is 6.02. The average Bonchev–Trinajstić information content (AvgIpc) is 2.94. The van der Waals surface area contributed by atoms with Crippen LogP contribution in [-0.4, -0.2) is 22.8 Å². The summed E-state index contributed by atoms with van der Waals surface area (Å²) in [6, 6.07) is 14.4. The number of benzene rings is 2. The van der Waals surface area contributed by atoms with E-state index in [4.69, 9.17) is 11.6 Å². The van der Waals surface area contributed by atoms with E-state index in [0.717, 1.165) is 11.1 Å². The molecular formula is C17H13ClF3NO2. The quantitative estimate of drug-likeness (QED) is 0.891. The summed E-state index contributed by atoms with van der Waals surface area (Å²) in [6.45, 7) is 0.